The van der Waals surface area contributed by atoms with Crippen LogP contribution in [0.25, 0.3) is 0 Å². The van der Waals surface area contributed by atoms with Crippen LogP contribution in [0.1, 0.15) is 67.4 Å². The number of aromatic nitrogens is 1. The van der Waals surface area contributed by atoms with Crippen molar-refractivity contribution < 1.29 is 14.3 Å². The number of aldehydes is 1. The fourth-order valence-corrected chi connectivity index (χ4v) is 8.13. The van der Waals surface area contributed by atoms with Crippen LogP contribution in [0.2, 0.25) is 0 Å². The Morgan fingerprint density at radius 3 is 2.94 bits per heavy atom. The lowest BCUT2D eigenvalue weighted by Crippen LogP contribution is -2.44. The summed E-state index contributed by atoms with van der Waals surface area (Å²) in [6, 6.07) is 6.59. The molecule has 1 aromatic heterocycles. The molecule has 6 heteroatoms. The molecule has 5 nitrogen and oxygen atoms in total. The lowest BCUT2D eigenvalue weighted by molar-refractivity contribution is -0.117. The van der Waals surface area contributed by atoms with Crippen LogP contribution < -0.4 is 10.1 Å². The molecule has 2 saturated carbocycles. The molecule has 0 spiro atoms. The van der Waals surface area contributed by atoms with Crippen molar-refractivity contribution >= 4 is 28.7 Å². The monoisotopic (exact) mass is 466 g/mol. The number of carbonyl (C=O) groups excluding carboxylic acids is 2. The minimum absolute atomic E-state index is 0.0362. The van der Waals surface area contributed by atoms with Crippen LogP contribution in [-0.4, -0.2) is 24.3 Å². The molecular weight excluding hydrogens is 432 g/mol. The van der Waals surface area contributed by atoms with Crippen molar-refractivity contribution in [1.29, 1.82) is 0 Å². The molecule has 33 heavy (non-hydrogen) atoms. The Morgan fingerprint density at radius 2 is 2.21 bits per heavy atom. The zero-order chi connectivity index (χ0) is 23.2. The summed E-state index contributed by atoms with van der Waals surface area (Å²) >= 11 is 1.51. The van der Waals surface area contributed by atoms with Crippen LogP contribution in [0.4, 0.5) is 5.13 Å². The van der Waals surface area contributed by atoms with Crippen molar-refractivity contribution in [2.75, 3.05) is 12.4 Å². The highest BCUT2D eigenvalue weighted by Gasteiger charge is 2.58. The first-order chi connectivity index (χ1) is 15.9. The number of benzene rings is 1. The summed E-state index contributed by atoms with van der Waals surface area (Å²) in [6.07, 6.45) is 9.75. The number of hydrogen-bond acceptors (Lipinski definition) is 5. The van der Waals surface area contributed by atoms with E-state index in [2.05, 4.69) is 35.4 Å². The summed E-state index contributed by atoms with van der Waals surface area (Å²) in [4.78, 5) is 30.1. The fraction of sp³-hybridized carbons (Fsp3) is 0.593. The Hall–Kier alpha value is -2.21. The molecule has 3 aliphatic carbocycles. The number of hydrogen-bond donors (Lipinski definition) is 1. The van der Waals surface area contributed by atoms with Gasteiger partial charge in [0.2, 0.25) is 5.91 Å². The average Bonchev–Trinajstić information content (AvgIpc) is 3.36. The molecule has 1 aromatic carbocycles. The summed E-state index contributed by atoms with van der Waals surface area (Å²) in [5.74, 6) is 3.14. The Balaban J connectivity index is 1.35. The van der Waals surface area contributed by atoms with Crippen LogP contribution in [0.5, 0.6) is 5.75 Å². The van der Waals surface area contributed by atoms with Gasteiger partial charge in [-0.25, -0.2) is 4.98 Å². The van der Waals surface area contributed by atoms with E-state index < -0.39 is 0 Å². The molecule has 2 aromatic rings. The van der Waals surface area contributed by atoms with Gasteiger partial charge in [-0.2, -0.15) is 0 Å². The third kappa shape index (κ3) is 4.01. The molecule has 0 bridgehead atoms. The van der Waals surface area contributed by atoms with Gasteiger partial charge in [-0.1, -0.05) is 13.0 Å². The predicted octanol–water partition coefficient (Wildman–Crippen LogP) is 5.78. The van der Waals surface area contributed by atoms with Gasteiger partial charge in [0.1, 0.15) is 12.0 Å². The molecule has 176 valence electrons. The maximum Gasteiger partial charge on any atom is 0.226 e. The number of rotatable bonds is 6. The van der Waals surface area contributed by atoms with E-state index in [9.17, 15) is 9.59 Å². The van der Waals surface area contributed by atoms with Crippen molar-refractivity contribution in [3.05, 3.63) is 40.4 Å². The Morgan fingerprint density at radius 1 is 1.36 bits per heavy atom. The summed E-state index contributed by atoms with van der Waals surface area (Å²) < 4.78 is 5.47. The van der Waals surface area contributed by atoms with E-state index in [0.29, 0.717) is 35.2 Å². The Kier molecular flexibility index (Phi) is 6.06. The summed E-state index contributed by atoms with van der Waals surface area (Å²) in [5, 5.41) is 3.64. The topological polar surface area (TPSA) is 68.3 Å². The molecule has 6 atom stereocenters. The zero-order valence-electron chi connectivity index (χ0n) is 19.8. The third-order valence-electron chi connectivity index (χ3n) is 8.92. The normalized spacial score (nSPS) is 32.4. The molecule has 1 heterocycles. The molecule has 6 unspecified atom stereocenters. The number of aryl methyl sites for hydroxylation is 2. The molecule has 3 aliphatic rings. The number of nitrogens with one attached hydrogen (secondary N) is 1. The van der Waals surface area contributed by atoms with Gasteiger partial charge < -0.3 is 14.8 Å². The number of anilines is 1. The molecular formula is C27H34N2O3S. The number of amides is 1. The molecule has 5 rings (SSSR count). The molecule has 1 amide bonds. The van der Waals surface area contributed by atoms with Gasteiger partial charge >= 0.3 is 0 Å². The van der Waals surface area contributed by atoms with Crippen molar-refractivity contribution in [2.45, 2.75) is 64.7 Å². The third-order valence-corrected chi connectivity index (χ3v) is 9.74. The number of carbonyl (C=O) groups is 2. The van der Waals surface area contributed by atoms with Crippen LogP contribution in [0.3, 0.4) is 0 Å². The number of nitrogens with zero attached hydrogens (tertiary/aromatic N) is 1. The fourth-order valence-electron chi connectivity index (χ4n) is 7.44. The highest BCUT2D eigenvalue weighted by atomic mass is 32.1. The first kappa shape index (κ1) is 22.6. The van der Waals surface area contributed by atoms with E-state index in [0.717, 1.165) is 49.2 Å². The summed E-state index contributed by atoms with van der Waals surface area (Å²) in [5.41, 5.74) is 2.97. The van der Waals surface area contributed by atoms with E-state index in [1.165, 1.54) is 28.7 Å². The second-order valence-electron chi connectivity index (χ2n) is 10.5. The smallest absolute Gasteiger partial charge is 0.226 e. The maximum absolute atomic E-state index is 12.7. The van der Waals surface area contributed by atoms with Crippen molar-refractivity contribution in [1.82, 2.24) is 4.98 Å². The second kappa shape index (κ2) is 8.86. The van der Waals surface area contributed by atoms with Crippen LogP contribution in [0, 0.1) is 36.0 Å². The van der Waals surface area contributed by atoms with Gasteiger partial charge in [0.25, 0.3) is 0 Å². The lowest BCUT2D eigenvalue weighted by atomic mass is 9.53. The number of ether oxygens (including phenoxy) is 1. The highest BCUT2D eigenvalue weighted by Crippen LogP contribution is 2.65. The van der Waals surface area contributed by atoms with Crippen molar-refractivity contribution in [2.24, 2.45) is 29.1 Å². The van der Waals surface area contributed by atoms with Crippen LogP contribution in [-0.2, 0) is 16.0 Å². The molecule has 2 fully saturated rings. The molecule has 0 saturated heterocycles. The standard InChI is InChI=1S/C27H34N2O3S/c1-16-14-28-26(33-16)29-24(31)9-5-18-12-19(15-30)27(2)11-10-22-21-8-6-20(32-3)13-17(21)4-7-23(22)25(18)27/h6,8,13-15,18-19,22-23,25H,4-5,7,9-12H2,1-3H3,(H,28,29,31). The van der Waals surface area contributed by atoms with E-state index in [-0.39, 0.29) is 17.2 Å². The van der Waals surface area contributed by atoms with E-state index >= 15 is 0 Å². The SMILES string of the molecule is COc1ccc2c(c1)CCC1C2CCC2(C)C(C=O)CC(CCC(=O)Nc3ncc(C)s3)C12. The highest BCUT2D eigenvalue weighted by molar-refractivity contribution is 7.15. The first-order valence-corrected chi connectivity index (χ1v) is 13.1. The van der Waals surface area contributed by atoms with Gasteiger partial charge in [0, 0.05) is 23.4 Å². The van der Waals surface area contributed by atoms with Crippen LogP contribution >= 0.6 is 11.3 Å². The first-order valence-electron chi connectivity index (χ1n) is 12.3. The summed E-state index contributed by atoms with van der Waals surface area (Å²) in [7, 11) is 1.73. The van der Waals surface area contributed by atoms with Gasteiger partial charge in [-0.05, 0) is 97.8 Å². The molecule has 0 radical (unpaired) electrons. The number of thiazole rings is 1. The van der Waals surface area contributed by atoms with E-state index in [1.54, 1.807) is 13.3 Å². The van der Waals surface area contributed by atoms with Gasteiger partial charge in [0.15, 0.2) is 5.13 Å². The lowest BCUT2D eigenvalue weighted by Gasteiger charge is -2.51. The van der Waals surface area contributed by atoms with Gasteiger partial charge in [-0.15, -0.1) is 11.3 Å². The van der Waals surface area contributed by atoms with E-state index in [1.807, 2.05) is 6.92 Å². The number of fused-ring (bicyclic) bond motifs is 5. The zero-order valence-corrected chi connectivity index (χ0v) is 20.6. The number of methoxy groups -OCH3 is 1. The van der Waals surface area contributed by atoms with Gasteiger partial charge in [0.05, 0.1) is 7.11 Å². The quantitative estimate of drug-likeness (QED) is 0.548. The predicted molar refractivity (Wildman–Crippen MR) is 131 cm³/mol. The minimum Gasteiger partial charge on any atom is -0.497 e. The Bertz CT molecular complexity index is 1050. The van der Waals surface area contributed by atoms with Crippen molar-refractivity contribution in [3.63, 3.8) is 0 Å². The van der Waals surface area contributed by atoms with Gasteiger partial charge in [-0.3, -0.25) is 4.79 Å². The van der Waals surface area contributed by atoms with Crippen molar-refractivity contribution in [3.8, 4) is 5.75 Å². The minimum atomic E-state index is 0.0362. The largest absolute Gasteiger partial charge is 0.497 e. The van der Waals surface area contributed by atoms with Crippen LogP contribution in [0.15, 0.2) is 24.4 Å². The Labute approximate surface area is 200 Å². The maximum atomic E-state index is 12.7. The molecule has 1 N–H and O–H groups in total. The second-order valence-corrected chi connectivity index (χ2v) is 11.8. The summed E-state index contributed by atoms with van der Waals surface area (Å²) in [6.45, 7) is 4.35. The molecule has 0 aliphatic heterocycles. The average molecular weight is 467 g/mol. The van der Waals surface area contributed by atoms with E-state index in [4.69, 9.17) is 4.74 Å².